The predicted molar refractivity (Wildman–Crippen MR) is 71.0 cm³/mol. The SMILES string of the molecule is OCc1ccnc(Nc2cc(C3CCCC3)[nH]n2)n1. The van der Waals surface area contributed by atoms with Crippen molar-refractivity contribution in [2.75, 3.05) is 5.32 Å². The minimum atomic E-state index is -0.0922. The fourth-order valence-corrected chi connectivity index (χ4v) is 2.51. The van der Waals surface area contributed by atoms with Crippen LogP contribution < -0.4 is 5.32 Å². The molecule has 0 aromatic carbocycles. The molecule has 2 aromatic rings. The van der Waals surface area contributed by atoms with Gasteiger partial charge in [-0.2, -0.15) is 5.10 Å². The van der Waals surface area contributed by atoms with Crippen LogP contribution in [0, 0.1) is 0 Å². The van der Waals surface area contributed by atoms with Gasteiger partial charge in [-0.25, -0.2) is 9.97 Å². The van der Waals surface area contributed by atoms with Gasteiger partial charge < -0.3 is 10.4 Å². The van der Waals surface area contributed by atoms with E-state index in [1.54, 1.807) is 12.3 Å². The second-order valence-corrected chi connectivity index (χ2v) is 4.84. The summed E-state index contributed by atoms with van der Waals surface area (Å²) < 4.78 is 0. The van der Waals surface area contributed by atoms with Gasteiger partial charge in [0.25, 0.3) is 0 Å². The lowest BCUT2D eigenvalue weighted by atomic mass is 10.0. The first kappa shape index (κ1) is 12.1. The van der Waals surface area contributed by atoms with Gasteiger partial charge in [-0.05, 0) is 18.9 Å². The number of hydrogen-bond donors (Lipinski definition) is 3. The molecule has 0 atom stereocenters. The Bertz CT molecular complexity index is 547. The molecule has 0 radical (unpaired) electrons. The summed E-state index contributed by atoms with van der Waals surface area (Å²) in [5, 5.41) is 19.4. The van der Waals surface area contributed by atoms with Gasteiger partial charge in [-0.1, -0.05) is 12.8 Å². The van der Waals surface area contributed by atoms with E-state index >= 15 is 0 Å². The van der Waals surface area contributed by atoms with E-state index in [2.05, 4.69) is 25.5 Å². The molecule has 0 unspecified atom stereocenters. The van der Waals surface area contributed by atoms with Gasteiger partial charge >= 0.3 is 0 Å². The summed E-state index contributed by atoms with van der Waals surface area (Å²) in [6.07, 6.45) is 6.68. The number of aliphatic hydroxyl groups is 1. The number of nitrogens with one attached hydrogen (secondary N) is 2. The van der Waals surface area contributed by atoms with Crippen molar-refractivity contribution in [1.29, 1.82) is 0 Å². The molecular weight excluding hydrogens is 242 g/mol. The number of hydrogen-bond acceptors (Lipinski definition) is 5. The lowest BCUT2D eigenvalue weighted by Gasteiger charge is -2.03. The van der Waals surface area contributed by atoms with E-state index in [9.17, 15) is 0 Å². The van der Waals surface area contributed by atoms with Gasteiger partial charge in [-0.3, -0.25) is 5.10 Å². The van der Waals surface area contributed by atoms with Crippen molar-refractivity contribution in [3.63, 3.8) is 0 Å². The van der Waals surface area contributed by atoms with Gasteiger partial charge in [-0.15, -0.1) is 0 Å². The van der Waals surface area contributed by atoms with Crippen LogP contribution in [0.25, 0.3) is 0 Å². The Morgan fingerprint density at radius 2 is 2.21 bits per heavy atom. The summed E-state index contributed by atoms with van der Waals surface area (Å²) in [5.74, 6) is 1.78. The highest BCUT2D eigenvalue weighted by Crippen LogP contribution is 2.33. The molecule has 0 bridgehead atoms. The van der Waals surface area contributed by atoms with E-state index in [1.165, 1.54) is 31.4 Å². The molecule has 1 fully saturated rings. The molecule has 1 saturated carbocycles. The number of anilines is 2. The lowest BCUT2D eigenvalue weighted by molar-refractivity contribution is 0.277. The fourth-order valence-electron chi connectivity index (χ4n) is 2.51. The van der Waals surface area contributed by atoms with Crippen LogP contribution in [0.1, 0.15) is 43.0 Å². The smallest absolute Gasteiger partial charge is 0.228 e. The van der Waals surface area contributed by atoms with Crippen molar-refractivity contribution in [2.45, 2.75) is 38.2 Å². The van der Waals surface area contributed by atoms with E-state index in [-0.39, 0.29) is 6.61 Å². The Morgan fingerprint density at radius 3 is 3.00 bits per heavy atom. The van der Waals surface area contributed by atoms with Crippen molar-refractivity contribution in [1.82, 2.24) is 20.2 Å². The Hall–Kier alpha value is -1.95. The van der Waals surface area contributed by atoms with Crippen LogP contribution in [-0.2, 0) is 6.61 Å². The number of aromatic nitrogens is 4. The van der Waals surface area contributed by atoms with E-state index < -0.39 is 0 Å². The second-order valence-electron chi connectivity index (χ2n) is 4.84. The molecule has 2 heterocycles. The molecule has 2 aromatic heterocycles. The molecule has 1 aliphatic carbocycles. The lowest BCUT2D eigenvalue weighted by Crippen LogP contribution is -1.99. The van der Waals surface area contributed by atoms with E-state index in [0.29, 0.717) is 17.6 Å². The first-order valence-electron chi connectivity index (χ1n) is 6.60. The van der Waals surface area contributed by atoms with Crippen LogP contribution in [0.15, 0.2) is 18.3 Å². The molecule has 1 aliphatic rings. The molecule has 0 amide bonds. The van der Waals surface area contributed by atoms with Crippen molar-refractivity contribution in [3.8, 4) is 0 Å². The van der Waals surface area contributed by atoms with Crippen LogP contribution in [0.3, 0.4) is 0 Å². The summed E-state index contributed by atoms with van der Waals surface area (Å²) in [6, 6.07) is 3.70. The van der Waals surface area contributed by atoms with E-state index in [4.69, 9.17) is 5.11 Å². The largest absolute Gasteiger partial charge is 0.390 e. The van der Waals surface area contributed by atoms with Gasteiger partial charge in [0.1, 0.15) is 0 Å². The molecule has 3 rings (SSSR count). The average molecular weight is 259 g/mol. The average Bonchev–Trinajstić information content (AvgIpc) is 3.09. The van der Waals surface area contributed by atoms with Crippen molar-refractivity contribution in [3.05, 3.63) is 29.7 Å². The van der Waals surface area contributed by atoms with Crippen LogP contribution >= 0.6 is 0 Å². The monoisotopic (exact) mass is 259 g/mol. The number of nitrogens with zero attached hydrogens (tertiary/aromatic N) is 3. The molecule has 0 saturated heterocycles. The quantitative estimate of drug-likeness (QED) is 0.782. The summed E-state index contributed by atoms with van der Waals surface area (Å²) in [4.78, 5) is 8.27. The molecule has 3 N–H and O–H groups in total. The topological polar surface area (TPSA) is 86.7 Å². The molecule has 6 heteroatoms. The van der Waals surface area contributed by atoms with Crippen molar-refractivity contribution in [2.24, 2.45) is 0 Å². The third-order valence-corrected chi connectivity index (χ3v) is 3.51. The standard InChI is InChI=1S/C13H17N5O/c19-8-10-5-6-14-13(15-10)16-12-7-11(17-18-12)9-3-1-2-4-9/h5-7,9,19H,1-4,8H2,(H2,14,15,16,17,18). The molecule has 0 spiro atoms. The second kappa shape index (κ2) is 5.36. The zero-order chi connectivity index (χ0) is 13.1. The maximum atomic E-state index is 9.04. The van der Waals surface area contributed by atoms with E-state index in [1.807, 2.05) is 6.07 Å². The number of H-pyrrole nitrogens is 1. The van der Waals surface area contributed by atoms with Crippen LogP contribution in [-0.4, -0.2) is 25.3 Å². The highest BCUT2D eigenvalue weighted by Gasteiger charge is 2.19. The minimum absolute atomic E-state index is 0.0922. The van der Waals surface area contributed by atoms with Crippen molar-refractivity contribution >= 4 is 11.8 Å². The maximum Gasteiger partial charge on any atom is 0.228 e. The summed E-state index contributed by atoms with van der Waals surface area (Å²) in [6.45, 7) is -0.0922. The summed E-state index contributed by atoms with van der Waals surface area (Å²) in [7, 11) is 0. The number of rotatable bonds is 4. The maximum absolute atomic E-state index is 9.04. The Kier molecular flexibility index (Phi) is 3.41. The Balaban J connectivity index is 1.72. The molecule has 19 heavy (non-hydrogen) atoms. The molecular formula is C13H17N5O. The zero-order valence-electron chi connectivity index (χ0n) is 10.6. The first-order chi connectivity index (χ1) is 9.35. The summed E-state index contributed by atoms with van der Waals surface area (Å²) >= 11 is 0. The first-order valence-corrected chi connectivity index (χ1v) is 6.60. The van der Waals surface area contributed by atoms with Gasteiger partial charge in [0.05, 0.1) is 12.3 Å². The highest BCUT2D eigenvalue weighted by atomic mass is 16.3. The minimum Gasteiger partial charge on any atom is -0.390 e. The van der Waals surface area contributed by atoms with Gasteiger partial charge in [0.2, 0.25) is 5.95 Å². The van der Waals surface area contributed by atoms with Crippen LogP contribution in [0.5, 0.6) is 0 Å². The molecule has 6 nitrogen and oxygen atoms in total. The fraction of sp³-hybridized carbons (Fsp3) is 0.462. The molecule has 100 valence electrons. The highest BCUT2D eigenvalue weighted by molar-refractivity contribution is 5.48. The van der Waals surface area contributed by atoms with Crippen LogP contribution in [0.4, 0.5) is 11.8 Å². The normalized spacial score (nSPS) is 15.8. The van der Waals surface area contributed by atoms with Crippen molar-refractivity contribution < 1.29 is 5.11 Å². The Morgan fingerprint density at radius 1 is 1.37 bits per heavy atom. The summed E-state index contributed by atoms with van der Waals surface area (Å²) in [5.41, 5.74) is 1.77. The third-order valence-electron chi connectivity index (χ3n) is 3.51. The number of aromatic amines is 1. The van der Waals surface area contributed by atoms with E-state index in [0.717, 1.165) is 5.82 Å². The Labute approximate surface area is 111 Å². The van der Waals surface area contributed by atoms with Gasteiger partial charge in [0.15, 0.2) is 5.82 Å². The molecule has 0 aliphatic heterocycles. The predicted octanol–water partition coefficient (Wildman–Crippen LogP) is 2.09. The number of aliphatic hydroxyl groups excluding tert-OH is 1. The zero-order valence-corrected chi connectivity index (χ0v) is 10.6. The third kappa shape index (κ3) is 2.73. The van der Waals surface area contributed by atoms with Crippen LogP contribution in [0.2, 0.25) is 0 Å². The van der Waals surface area contributed by atoms with Gasteiger partial charge in [0, 0.05) is 23.9 Å².